The Morgan fingerprint density at radius 2 is 1.76 bits per heavy atom. The molecule has 0 aliphatic carbocycles. The molecule has 1 aromatic carbocycles. The second-order valence-corrected chi connectivity index (χ2v) is 9.33. The van der Waals surface area contributed by atoms with Gasteiger partial charge in [-0.15, -0.1) is 0 Å². The lowest BCUT2D eigenvalue weighted by atomic mass is 9.91. The molecule has 2 heterocycles. The Bertz CT molecular complexity index is 805. The molecule has 2 aliphatic heterocycles. The number of piperidine rings is 1. The minimum absolute atomic E-state index is 0.116. The number of rotatable bonds is 3. The summed E-state index contributed by atoms with van der Waals surface area (Å²) in [5, 5.41) is 12.7. The number of aliphatic hydroxyl groups excluding tert-OH is 1. The summed E-state index contributed by atoms with van der Waals surface area (Å²) in [7, 11) is 0. The van der Waals surface area contributed by atoms with Gasteiger partial charge >= 0.3 is 0 Å². The Hall–Kier alpha value is -1.93. The van der Waals surface area contributed by atoms with Crippen LogP contribution in [0, 0.1) is 11.8 Å². The first-order valence-electron chi connectivity index (χ1n) is 10.0. The maximum Gasteiger partial charge on any atom is 0.256 e. The smallest absolute Gasteiger partial charge is 0.256 e. The first-order valence-corrected chi connectivity index (χ1v) is 10.8. The van der Waals surface area contributed by atoms with Crippen LogP contribution in [0.4, 0.5) is 5.69 Å². The molecule has 0 bridgehead atoms. The van der Waals surface area contributed by atoms with Crippen LogP contribution in [0.25, 0.3) is 0 Å². The van der Waals surface area contributed by atoms with Crippen molar-refractivity contribution in [3.05, 3.63) is 28.2 Å². The average Bonchev–Trinajstić information content (AvgIpc) is 3.04. The van der Waals surface area contributed by atoms with E-state index in [1.807, 2.05) is 4.90 Å². The number of halogens is 1. The number of benzene rings is 1. The Morgan fingerprint density at radius 3 is 2.38 bits per heavy atom. The summed E-state index contributed by atoms with van der Waals surface area (Å²) in [5.41, 5.74) is 0.834. The number of aliphatic hydroxyl groups is 1. The number of hydrogen-bond donors (Lipinski definition) is 2. The molecular formula is C21H28BrN3O4. The normalized spacial score (nSPS) is 27.1. The summed E-state index contributed by atoms with van der Waals surface area (Å²) in [4.78, 5) is 41.1. The number of likely N-dealkylation sites (tertiary alicyclic amines) is 2. The number of nitrogens with one attached hydrogen (secondary N) is 1. The summed E-state index contributed by atoms with van der Waals surface area (Å²) in [6.07, 6.45) is 0.556. The Kier molecular flexibility index (Phi) is 6.63. The number of anilines is 1. The van der Waals surface area contributed by atoms with Crippen LogP contribution in [0.2, 0.25) is 0 Å². The summed E-state index contributed by atoms with van der Waals surface area (Å²) >= 11 is 3.41. The van der Waals surface area contributed by atoms with Crippen molar-refractivity contribution in [2.45, 2.75) is 45.8 Å². The van der Waals surface area contributed by atoms with Gasteiger partial charge in [0.05, 0.1) is 17.4 Å². The fourth-order valence-corrected chi connectivity index (χ4v) is 4.79. The van der Waals surface area contributed by atoms with Gasteiger partial charge in [0.25, 0.3) is 5.91 Å². The maximum atomic E-state index is 13.2. The van der Waals surface area contributed by atoms with E-state index in [9.17, 15) is 19.5 Å². The molecule has 4 atom stereocenters. The molecule has 0 radical (unpaired) electrons. The number of hydrogen-bond acceptors (Lipinski definition) is 4. The van der Waals surface area contributed by atoms with Crippen molar-refractivity contribution >= 4 is 39.3 Å². The van der Waals surface area contributed by atoms with Gasteiger partial charge in [-0.25, -0.2) is 0 Å². The molecular weight excluding hydrogens is 438 g/mol. The van der Waals surface area contributed by atoms with Crippen molar-refractivity contribution in [2.24, 2.45) is 11.8 Å². The van der Waals surface area contributed by atoms with Gasteiger partial charge in [0.1, 0.15) is 6.04 Å². The SMILES string of the molecule is CC(=O)N1C[C@H](O)C[C@H]1C(=O)Nc1ccc(Br)cc1C(=O)N1C[C@H](C)C[C@H](C)C1. The van der Waals surface area contributed by atoms with E-state index in [1.165, 1.54) is 11.8 Å². The summed E-state index contributed by atoms with van der Waals surface area (Å²) in [5.74, 6) is 0.0856. The van der Waals surface area contributed by atoms with Crippen LogP contribution in [-0.2, 0) is 9.59 Å². The fraction of sp³-hybridized carbons (Fsp3) is 0.571. The molecule has 3 rings (SSSR count). The van der Waals surface area contributed by atoms with Crippen molar-refractivity contribution in [3.8, 4) is 0 Å². The second-order valence-electron chi connectivity index (χ2n) is 8.41. The molecule has 7 nitrogen and oxygen atoms in total. The molecule has 2 aliphatic rings. The number of carbonyl (C=O) groups excluding carboxylic acids is 3. The van der Waals surface area contributed by atoms with E-state index in [1.54, 1.807) is 18.2 Å². The van der Waals surface area contributed by atoms with Crippen LogP contribution in [0.3, 0.4) is 0 Å². The highest BCUT2D eigenvalue weighted by Gasteiger charge is 2.38. The van der Waals surface area contributed by atoms with Crippen LogP contribution in [0.1, 0.15) is 44.0 Å². The molecule has 158 valence electrons. The van der Waals surface area contributed by atoms with E-state index >= 15 is 0 Å². The molecule has 3 amide bonds. The lowest BCUT2D eigenvalue weighted by molar-refractivity contribution is -0.134. The van der Waals surface area contributed by atoms with Gasteiger partial charge in [0, 0.05) is 37.5 Å². The van der Waals surface area contributed by atoms with Crippen LogP contribution in [0.15, 0.2) is 22.7 Å². The van der Waals surface area contributed by atoms with E-state index in [0.29, 0.717) is 36.2 Å². The molecule has 0 spiro atoms. The van der Waals surface area contributed by atoms with Crippen molar-refractivity contribution in [2.75, 3.05) is 25.0 Å². The molecule has 1 aromatic rings. The average molecular weight is 466 g/mol. The lowest BCUT2D eigenvalue weighted by Gasteiger charge is -2.35. The minimum Gasteiger partial charge on any atom is -0.391 e. The second kappa shape index (κ2) is 8.83. The van der Waals surface area contributed by atoms with Gasteiger partial charge in [-0.05, 0) is 36.5 Å². The van der Waals surface area contributed by atoms with Crippen molar-refractivity contribution in [1.29, 1.82) is 0 Å². The molecule has 2 N–H and O–H groups in total. The third-order valence-electron chi connectivity index (χ3n) is 5.61. The van der Waals surface area contributed by atoms with E-state index in [4.69, 9.17) is 0 Å². The first kappa shape index (κ1) is 21.8. The van der Waals surface area contributed by atoms with Crippen LogP contribution in [0.5, 0.6) is 0 Å². The molecule has 2 fully saturated rings. The highest BCUT2D eigenvalue weighted by atomic mass is 79.9. The molecule has 29 heavy (non-hydrogen) atoms. The van der Waals surface area contributed by atoms with Gasteiger partial charge in [-0.2, -0.15) is 0 Å². The molecule has 0 unspecified atom stereocenters. The van der Waals surface area contributed by atoms with Crippen LogP contribution < -0.4 is 5.32 Å². The summed E-state index contributed by atoms with van der Waals surface area (Å²) in [6.45, 7) is 7.18. The van der Waals surface area contributed by atoms with Crippen molar-refractivity contribution in [1.82, 2.24) is 9.80 Å². The predicted octanol–water partition coefficient (Wildman–Crippen LogP) is 2.49. The molecule has 8 heteroatoms. The lowest BCUT2D eigenvalue weighted by Crippen LogP contribution is -2.44. The molecule has 2 saturated heterocycles. The topological polar surface area (TPSA) is 90.0 Å². The predicted molar refractivity (Wildman–Crippen MR) is 113 cm³/mol. The Labute approximate surface area is 179 Å². The zero-order valence-corrected chi connectivity index (χ0v) is 18.6. The number of amides is 3. The van der Waals surface area contributed by atoms with Gasteiger partial charge in [0.2, 0.25) is 11.8 Å². The van der Waals surface area contributed by atoms with Crippen molar-refractivity contribution in [3.63, 3.8) is 0 Å². The van der Waals surface area contributed by atoms with E-state index < -0.39 is 18.1 Å². The zero-order valence-electron chi connectivity index (χ0n) is 17.0. The summed E-state index contributed by atoms with van der Waals surface area (Å²) in [6, 6.07) is 4.42. The maximum absolute atomic E-state index is 13.2. The Morgan fingerprint density at radius 1 is 1.10 bits per heavy atom. The largest absolute Gasteiger partial charge is 0.391 e. The summed E-state index contributed by atoms with van der Waals surface area (Å²) < 4.78 is 0.749. The van der Waals surface area contributed by atoms with E-state index in [2.05, 4.69) is 35.1 Å². The van der Waals surface area contributed by atoms with Crippen LogP contribution in [-0.4, -0.2) is 64.4 Å². The van der Waals surface area contributed by atoms with Gasteiger partial charge in [-0.3, -0.25) is 14.4 Å². The quantitative estimate of drug-likeness (QED) is 0.717. The van der Waals surface area contributed by atoms with Crippen molar-refractivity contribution < 1.29 is 19.5 Å². The first-order chi connectivity index (χ1) is 13.7. The minimum atomic E-state index is -0.746. The van der Waals surface area contributed by atoms with Gasteiger partial charge < -0.3 is 20.2 Å². The zero-order chi connectivity index (χ0) is 21.3. The Balaban J connectivity index is 1.82. The highest BCUT2D eigenvalue weighted by molar-refractivity contribution is 9.10. The van der Waals surface area contributed by atoms with Crippen LogP contribution >= 0.6 is 15.9 Å². The fourth-order valence-electron chi connectivity index (χ4n) is 4.43. The third kappa shape index (κ3) is 4.98. The van der Waals surface area contributed by atoms with E-state index in [0.717, 1.165) is 10.9 Å². The number of carbonyl (C=O) groups is 3. The molecule has 0 saturated carbocycles. The number of nitrogens with zero attached hydrogens (tertiary/aromatic N) is 2. The van der Waals surface area contributed by atoms with Gasteiger partial charge in [0.15, 0.2) is 0 Å². The standard InChI is InChI=1S/C21H28BrN3O4/c1-12-6-13(2)10-24(9-12)21(29)17-7-15(22)4-5-18(17)23-20(28)19-8-16(27)11-25(19)14(3)26/h4-5,7,12-13,16,19,27H,6,8-11H2,1-3H3,(H,23,28)/t12-,13+,16-,19+/m1/s1. The highest BCUT2D eigenvalue weighted by Crippen LogP contribution is 2.28. The van der Waals surface area contributed by atoms with E-state index in [-0.39, 0.29) is 24.8 Å². The number of β-amino-alcohol motifs (C(OH)–C–C–N with tert-alkyl or cyclic N) is 1. The third-order valence-corrected chi connectivity index (χ3v) is 6.11. The van der Waals surface area contributed by atoms with Gasteiger partial charge in [-0.1, -0.05) is 29.8 Å². The monoisotopic (exact) mass is 465 g/mol. The molecule has 0 aromatic heterocycles.